The molecular formula is C16H17FO2. The predicted molar refractivity (Wildman–Crippen MR) is 72.8 cm³/mol. The summed E-state index contributed by atoms with van der Waals surface area (Å²) in [6.07, 6.45) is 4.25. The van der Waals surface area contributed by atoms with Gasteiger partial charge < -0.3 is 9.47 Å². The Balaban J connectivity index is 1.77. The van der Waals surface area contributed by atoms with Gasteiger partial charge in [0.2, 0.25) is 0 Å². The molecule has 1 atom stereocenters. The number of hydrogen-bond acceptors (Lipinski definition) is 2. The summed E-state index contributed by atoms with van der Waals surface area (Å²) in [5, 5.41) is 0. The molecule has 0 bridgehead atoms. The lowest BCUT2D eigenvalue weighted by molar-refractivity contribution is -0.154. The molecule has 2 rings (SSSR count). The third kappa shape index (κ3) is 4.86. The van der Waals surface area contributed by atoms with Crippen molar-refractivity contribution in [3.63, 3.8) is 0 Å². The predicted octanol–water partition coefficient (Wildman–Crippen LogP) is 3.54. The Bertz CT molecular complexity index is 465. The molecule has 0 N–H and O–H groups in total. The first kappa shape index (κ1) is 13.8. The van der Waals surface area contributed by atoms with Gasteiger partial charge in [0.25, 0.3) is 0 Å². The SMILES string of the molecule is F/C(=C\C#CCOC1CCCCO1)c1ccccc1. The maximum Gasteiger partial charge on any atom is 0.158 e. The highest BCUT2D eigenvalue weighted by Gasteiger charge is 2.12. The van der Waals surface area contributed by atoms with Gasteiger partial charge in [-0.2, -0.15) is 0 Å². The number of hydrogen-bond donors (Lipinski definition) is 0. The molecular weight excluding hydrogens is 243 g/mol. The summed E-state index contributed by atoms with van der Waals surface area (Å²) in [4.78, 5) is 0. The zero-order valence-corrected chi connectivity index (χ0v) is 10.8. The molecule has 1 aliphatic rings. The maximum atomic E-state index is 13.6. The smallest absolute Gasteiger partial charge is 0.158 e. The Labute approximate surface area is 113 Å². The monoisotopic (exact) mass is 260 g/mol. The summed E-state index contributed by atoms with van der Waals surface area (Å²) in [6.45, 7) is 1.02. The molecule has 2 nitrogen and oxygen atoms in total. The van der Waals surface area contributed by atoms with Crippen LogP contribution in [0.2, 0.25) is 0 Å². The van der Waals surface area contributed by atoms with Crippen LogP contribution in [0.1, 0.15) is 24.8 Å². The molecule has 19 heavy (non-hydrogen) atoms. The second-order valence-electron chi connectivity index (χ2n) is 4.29. The Kier molecular flexibility index (Phi) is 5.61. The molecule has 1 fully saturated rings. The fourth-order valence-corrected chi connectivity index (χ4v) is 1.81. The number of ether oxygens (including phenoxy) is 2. The van der Waals surface area contributed by atoms with Crippen LogP contribution in [0.3, 0.4) is 0 Å². The van der Waals surface area contributed by atoms with Crippen LogP contribution in [-0.2, 0) is 9.47 Å². The van der Waals surface area contributed by atoms with Crippen molar-refractivity contribution in [3.05, 3.63) is 42.0 Å². The minimum absolute atomic E-state index is 0.147. The third-order valence-corrected chi connectivity index (χ3v) is 2.83. The molecule has 1 saturated heterocycles. The first-order valence-corrected chi connectivity index (χ1v) is 6.49. The summed E-state index contributed by atoms with van der Waals surface area (Å²) >= 11 is 0. The van der Waals surface area contributed by atoms with Gasteiger partial charge in [-0.25, -0.2) is 4.39 Å². The third-order valence-electron chi connectivity index (χ3n) is 2.83. The Morgan fingerprint density at radius 1 is 1.37 bits per heavy atom. The highest BCUT2D eigenvalue weighted by molar-refractivity contribution is 5.61. The van der Waals surface area contributed by atoms with Crippen molar-refractivity contribution in [2.45, 2.75) is 25.6 Å². The Hall–Kier alpha value is -1.63. The van der Waals surface area contributed by atoms with Gasteiger partial charge in [-0.05, 0) is 19.3 Å². The molecule has 100 valence electrons. The van der Waals surface area contributed by atoms with Gasteiger partial charge in [-0.3, -0.25) is 0 Å². The minimum Gasteiger partial charge on any atom is -0.353 e. The van der Waals surface area contributed by atoms with Crippen LogP contribution in [0, 0.1) is 11.8 Å². The topological polar surface area (TPSA) is 18.5 Å². The first-order valence-electron chi connectivity index (χ1n) is 6.49. The van der Waals surface area contributed by atoms with Crippen molar-refractivity contribution < 1.29 is 13.9 Å². The van der Waals surface area contributed by atoms with E-state index in [0.29, 0.717) is 5.56 Å². The van der Waals surface area contributed by atoms with Crippen LogP contribution < -0.4 is 0 Å². The van der Waals surface area contributed by atoms with Crippen LogP contribution in [-0.4, -0.2) is 19.5 Å². The van der Waals surface area contributed by atoms with Crippen molar-refractivity contribution in [2.24, 2.45) is 0 Å². The molecule has 1 unspecified atom stereocenters. The molecule has 0 aliphatic carbocycles. The van der Waals surface area contributed by atoms with Crippen LogP contribution >= 0.6 is 0 Å². The summed E-state index contributed by atoms with van der Waals surface area (Å²) in [7, 11) is 0. The van der Waals surface area contributed by atoms with Crippen molar-refractivity contribution >= 4 is 5.83 Å². The van der Waals surface area contributed by atoms with E-state index in [1.165, 1.54) is 6.08 Å². The molecule has 0 radical (unpaired) electrons. The van der Waals surface area contributed by atoms with Crippen molar-refractivity contribution in [3.8, 4) is 11.8 Å². The van der Waals surface area contributed by atoms with Crippen molar-refractivity contribution in [1.82, 2.24) is 0 Å². The number of rotatable bonds is 3. The molecule has 0 aromatic heterocycles. The highest BCUT2D eigenvalue weighted by Crippen LogP contribution is 2.14. The number of benzene rings is 1. The lowest BCUT2D eigenvalue weighted by atomic mass is 10.2. The van der Waals surface area contributed by atoms with Gasteiger partial charge >= 0.3 is 0 Å². The summed E-state index contributed by atoms with van der Waals surface area (Å²) in [5.41, 5.74) is 0.535. The van der Waals surface area contributed by atoms with Gasteiger partial charge in [0, 0.05) is 18.2 Å². The van der Waals surface area contributed by atoms with Crippen LogP contribution in [0.4, 0.5) is 4.39 Å². The van der Waals surface area contributed by atoms with E-state index < -0.39 is 0 Å². The van der Waals surface area contributed by atoms with Gasteiger partial charge in [-0.15, -0.1) is 0 Å². The normalized spacial score (nSPS) is 19.6. The summed E-state index contributed by atoms with van der Waals surface area (Å²) in [5.74, 6) is 5.09. The number of halogens is 1. The molecule has 0 amide bonds. The second kappa shape index (κ2) is 7.73. The molecule has 1 aromatic rings. The van der Waals surface area contributed by atoms with E-state index in [2.05, 4.69) is 11.8 Å². The maximum absolute atomic E-state index is 13.6. The lowest BCUT2D eigenvalue weighted by Crippen LogP contribution is -2.22. The van der Waals surface area contributed by atoms with Crippen molar-refractivity contribution in [1.29, 1.82) is 0 Å². The van der Waals surface area contributed by atoms with E-state index in [9.17, 15) is 4.39 Å². The van der Waals surface area contributed by atoms with E-state index in [4.69, 9.17) is 9.47 Å². The van der Waals surface area contributed by atoms with E-state index in [1.54, 1.807) is 24.3 Å². The van der Waals surface area contributed by atoms with E-state index in [1.807, 2.05) is 6.07 Å². The van der Waals surface area contributed by atoms with E-state index in [-0.39, 0.29) is 18.7 Å². The van der Waals surface area contributed by atoms with Gasteiger partial charge in [-0.1, -0.05) is 42.2 Å². The average Bonchev–Trinajstić information content (AvgIpc) is 2.49. The van der Waals surface area contributed by atoms with Gasteiger partial charge in [0.15, 0.2) is 6.29 Å². The fourth-order valence-electron chi connectivity index (χ4n) is 1.81. The van der Waals surface area contributed by atoms with E-state index in [0.717, 1.165) is 25.9 Å². The zero-order chi connectivity index (χ0) is 13.3. The minimum atomic E-state index is -0.331. The van der Waals surface area contributed by atoms with Crippen LogP contribution in [0.5, 0.6) is 0 Å². The Morgan fingerprint density at radius 3 is 2.95 bits per heavy atom. The largest absolute Gasteiger partial charge is 0.353 e. The molecule has 1 heterocycles. The quantitative estimate of drug-likeness (QED) is 0.774. The van der Waals surface area contributed by atoms with Gasteiger partial charge in [0.1, 0.15) is 12.4 Å². The summed E-state index contributed by atoms with van der Waals surface area (Å²) < 4.78 is 24.4. The van der Waals surface area contributed by atoms with Crippen LogP contribution in [0.15, 0.2) is 36.4 Å². The molecule has 1 aromatic carbocycles. The van der Waals surface area contributed by atoms with Gasteiger partial charge in [0.05, 0.1) is 0 Å². The standard InChI is InChI=1S/C16H17FO2/c17-15(14-8-2-1-3-9-14)10-4-6-12-18-16-11-5-7-13-19-16/h1-3,8-10,16H,5,7,11-13H2/b15-10-. The summed E-state index contributed by atoms with van der Waals surface area (Å²) in [6, 6.07) is 8.85. The molecule has 0 saturated carbocycles. The van der Waals surface area contributed by atoms with Crippen molar-refractivity contribution in [2.75, 3.05) is 13.2 Å². The second-order valence-corrected chi connectivity index (χ2v) is 4.29. The Morgan fingerprint density at radius 2 is 2.21 bits per heavy atom. The lowest BCUT2D eigenvalue weighted by Gasteiger charge is -2.21. The molecule has 1 aliphatic heterocycles. The fraction of sp³-hybridized carbons (Fsp3) is 0.375. The molecule has 0 spiro atoms. The zero-order valence-electron chi connectivity index (χ0n) is 10.8. The van der Waals surface area contributed by atoms with E-state index >= 15 is 0 Å². The first-order chi connectivity index (χ1) is 9.36. The van der Waals surface area contributed by atoms with Crippen LogP contribution in [0.25, 0.3) is 5.83 Å². The molecule has 3 heteroatoms. The number of allylic oxidation sites excluding steroid dienone is 1. The highest BCUT2D eigenvalue weighted by atomic mass is 19.1. The average molecular weight is 260 g/mol.